The third-order valence-corrected chi connectivity index (χ3v) is 2.84. The van der Waals surface area contributed by atoms with Gasteiger partial charge in [0.1, 0.15) is 5.78 Å². The van der Waals surface area contributed by atoms with Gasteiger partial charge in [-0.2, -0.15) is 0 Å². The van der Waals surface area contributed by atoms with Crippen LogP contribution in [-0.2, 0) is 17.6 Å². The first-order chi connectivity index (χ1) is 8.11. The second kappa shape index (κ2) is 7.23. The number of hydrogen-bond donors (Lipinski definition) is 0. The molecule has 1 rings (SSSR count). The Morgan fingerprint density at radius 2 is 1.65 bits per heavy atom. The molecule has 2 nitrogen and oxygen atoms in total. The van der Waals surface area contributed by atoms with E-state index < -0.39 is 0 Å². The van der Waals surface area contributed by atoms with Crippen LogP contribution in [-0.4, -0.2) is 30.8 Å². The molecule has 0 aliphatic rings. The van der Waals surface area contributed by atoms with Gasteiger partial charge in [0.2, 0.25) is 0 Å². The summed E-state index contributed by atoms with van der Waals surface area (Å²) in [5, 5.41) is 0. The summed E-state index contributed by atoms with van der Waals surface area (Å²) in [5.41, 5.74) is 2.76. The van der Waals surface area contributed by atoms with Crippen molar-refractivity contribution in [3.63, 3.8) is 0 Å². The summed E-state index contributed by atoms with van der Waals surface area (Å²) in [4.78, 5) is 13.0. The highest BCUT2D eigenvalue weighted by Gasteiger charge is 2.02. The van der Waals surface area contributed by atoms with Crippen LogP contribution < -0.4 is 0 Å². The highest BCUT2D eigenvalue weighted by Crippen LogP contribution is 2.07. The first kappa shape index (κ1) is 13.9. The van der Waals surface area contributed by atoms with Crippen LogP contribution in [0.2, 0.25) is 0 Å². The van der Waals surface area contributed by atoms with E-state index in [-0.39, 0.29) is 5.78 Å². The molecular weight excluding hydrogens is 210 g/mol. The van der Waals surface area contributed by atoms with E-state index in [4.69, 9.17) is 0 Å². The number of nitrogens with zero attached hydrogens (tertiary/aromatic N) is 1. The van der Waals surface area contributed by atoms with Crippen LogP contribution in [0.5, 0.6) is 0 Å². The molecule has 0 saturated heterocycles. The molecule has 0 heterocycles. The minimum Gasteiger partial charge on any atom is -0.299 e. The molecule has 0 saturated carbocycles. The molecule has 0 fully saturated rings. The van der Waals surface area contributed by atoms with Crippen LogP contribution in [0.15, 0.2) is 24.3 Å². The Morgan fingerprint density at radius 1 is 1.12 bits per heavy atom. The zero-order valence-electron chi connectivity index (χ0n) is 11.2. The molecule has 2 heteroatoms. The van der Waals surface area contributed by atoms with Gasteiger partial charge in [0.05, 0.1) is 6.54 Å². The van der Waals surface area contributed by atoms with Gasteiger partial charge in [0, 0.05) is 6.54 Å². The first-order valence-corrected chi connectivity index (χ1v) is 6.37. The van der Waals surface area contributed by atoms with Gasteiger partial charge < -0.3 is 0 Å². The lowest BCUT2D eigenvalue weighted by atomic mass is 10.1. The van der Waals surface area contributed by atoms with Gasteiger partial charge in [0.15, 0.2) is 0 Å². The Bertz CT molecular complexity index is 342. The van der Waals surface area contributed by atoms with Crippen LogP contribution in [0, 0.1) is 0 Å². The van der Waals surface area contributed by atoms with Gasteiger partial charge in [-0.15, -0.1) is 0 Å². The number of hydrogen-bond acceptors (Lipinski definition) is 2. The van der Waals surface area contributed by atoms with Crippen LogP contribution in [0.4, 0.5) is 0 Å². The van der Waals surface area contributed by atoms with Gasteiger partial charge in [-0.05, 0) is 37.9 Å². The number of aryl methyl sites for hydroxylation is 1. The fourth-order valence-electron chi connectivity index (χ4n) is 1.94. The number of carbonyl (C=O) groups excluding carboxylic acids is 1. The molecule has 1 aromatic rings. The number of carbonyl (C=O) groups is 1. The maximum Gasteiger partial charge on any atom is 0.143 e. The van der Waals surface area contributed by atoms with Crippen molar-refractivity contribution in [1.82, 2.24) is 4.90 Å². The molecular formula is C15H23NO. The zero-order chi connectivity index (χ0) is 12.7. The molecule has 0 aliphatic carbocycles. The molecule has 0 aliphatic heterocycles. The van der Waals surface area contributed by atoms with Crippen molar-refractivity contribution in [3.8, 4) is 0 Å². The topological polar surface area (TPSA) is 20.3 Å². The minimum absolute atomic E-state index is 0.228. The molecule has 0 amide bonds. The summed E-state index contributed by atoms with van der Waals surface area (Å²) in [6.07, 6.45) is 3.36. The lowest BCUT2D eigenvalue weighted by Crippen LogP contribution is -2.26. The standard InChI is InChI=1S/C15H23NO/c1-4-5-14-6-8-15(9-7-14)10-11-16(3)12-13(2)17/h6-9H,4-5,10-12H2,1-3H3. The normalized spacial score (nSPS) is 10.8. The number of rotatable bonds is 7. The van der Waals surface area contributed by atoms with Gasteiger partial charge >= 0.3 is 0 Å². The van der Waals surface area contributed by atoms with Crippen molar-refractivity contribution in [3.05, 3.63) is 35.4 Å². The highest BCUT2D eigenvalue weighted by atomic mass is 16.1. The second-order valence-corrected chi connectivity index (χ2v) is 4.76. The van der Waals surface area contributed by atoms with Crippen molar-refractivity contribution < 1.29 is 4.79 Å². The summed E-state index contributed by atoms with van der Waals surface area (Å²) in [5.74, 6) is 0.228. The largest absolute Gasteiger partial charge is 0.299 e. The zero-order valence-corrected chi connectivity index (χ0v) is 11.2. The van der Waals surface area contributed by atoms with E-state index in [9.17, 15) is 4.79 Å². The van der Waals surface area contributed by atoms with E-state index in [0.717, 1.165) is 19.4 Å². The minimum atomic E-state index is 0.228. The maximum atomic E-state index is 10.9. The van der Waals surface area contributed by atoms with Gasteiger partial charge in [0.25, 0.3) is 0 Å². The predicted octanol–water partition coefficient (Wildman–Crippen LogP) is 2.70. The van der Waals surface area contributed by atoms with Gasteiger partial charge in [-0.25, -0.2) is 0 Å². The molecule has 0 bridgehead atoms. The fraction of sp³-hybridized carbons (Fsp3) is 0.533. The molecule has 0 atom stereocenters. The summed E-state index contributed by atoms with van der Waals surface area (Å²) in [6.45, 7) is 5.32. The van der Waals surface area contributed by atoms with Crippen LogP contribution in [0.25, 0.3) is 0 Å². The Balaban J connectivity index is 2.38. The van der Waals surface area contributed by atoms with E-state index in [0.29, 0.717) is 6.54 Å². The molecule has 0 unspecified atom stereocenters. The van der Waals surface area contributed by atoms with Crippen molar-refractivity contribution in [2.45, 2.75) is 33.1 Å². The van der Waals surface area contributed by atoms with E-state index in [1.807, 2.05) is 7.05 Å². The molecule has 1 aromatic carbocycles. The van der Waals surface area contributed by atoms with Crippen LogP contribution >= 0.6 is 0 Å². The molecule has 17 heavy (non-hydrogen) atoms. The lowest BCUT2D eigenvalue weighted by Gasteiger charge is -2.14. The van der Waals surface area contributed by atoms with Crippen LogP contribution in [0.1, 0.15) is 31.4 Å². The Kier molecular flexibility index (Phi) is 5.92. The summed E-state index contributed by atoms with van der Waals surface area (Å²) < 4.78 is 0. The molecule has 94 valence electrons. The van der Waals surface area contributed by atoms with Gasteiger partial charge in [-0.3, -0.25) is 9.69 Å². The van der Waals surface area contributed by atoms with Crippen LogP contribution in [0.3, 0.4) is 0 Å². The lowest BCUT2D eigenvalue weighted by molar-refractivity contribution is -0.117. The van der Waals surface area contributed by atoms with E-state index >= 15 is 0 Å². The monoisotopic (exact) mass is 233 g/mol. The Morgan fingerprint density at radius 3 is 2.12 bits per heavy atom. The van der Waals surface area contributed by atoms with Crippen molar-refractivity contribution >= 4 is 5.78 Å². The number of ketones is 1. The average Bonchev–Trinajstić information content (AvgIpc) is 2.28. The fourth-order valence-corrected chi connectivity index (χ4v) is 1.94. The van der Waals surface area contributed by atoms with Gasteiger partial charge in [-0.1, -0.05) is 37.6 Å². The SMILES string of the molecule is CCCc1ccc(CCN(C)CC(C)=O)cc1. The third-order valence-electron chi connectivity index (χ3n) is 2.84. The third kappa shape index (κ3) is 5.64. The summed E-state index contributed by atoms with van der Waals surface area (Å²) in [7, 11) is 1.99. The summed E-state index contributed by atoms with van der Waals surface area (Å²) in [6, 6.07) is 8.83. The first-order valence-electron chi connectivity index (χ1n) is 6.37. The molecule has 0 aromatic heterocycles. The second-order valence-electron chi connectivity index (χ2n) is 4.76. The molecule has 0 radical (unpaired) electrons. The van der Waals surface area contributed by atoms with E-state index in [2.05, 4.69) is 36.1 Å². The Hall–Kier alpha value is -1.15. The maximum absolute atomic E-state index is 10.9. The Labute approximate surface area is 105 Å². The number of benzene rings is 1. The number of likely N-dealkylation sites (N-methyl/N-ethyl adjacent to an activating group) is 1. The van der Waals surface area contributed by atoms with Crippen molar-refractivity contribution in [1.29, 1.82) is 0 Å². The number of Topliss-reactive ketones (excluding diaryl/α,β-unsaturated/α-hetero) is 1. The van der Waals surface area contributed by atoms with Crippen molar-refractivity contribution in [2.75, 3.05) is 20.1 Å². The predicted molar refractivity (Wildman–Crippen MR) is 72.3 cm³/mol. The highest BCUT2D eigenvalue weighted by molar-refractivity contribution is 5.77. The quantitative estimate of drug-likeness (QED) is 0.721. The van der Waals surface area contributed by atoms with Crippen molar-refractivity contribution in [2.24, 2.45) is 0 Å². The van der Waals surface area contributed by atoms with E-state index in [1.54, 1.807) is 6.92 Å². The average molecular weight is 233 g/mol. The smallest absolute Gasteiger partial charge is 0.143 e. The molecule has 0 N–H and O–H groups in total. The molecule has 0 spiro atoms. The summed E-state index contributed by atoms with van der Waals surface area (Å²) >= 11 is 0. The van der Waals surface area contributed by atoms with E-state index in [1.165, 1.54) is 17.5 Å².